The molecule has 2 aromatic rings. The van der Waals surface area contributed by atoms with E-state index in [0.717, 1.165) is 9.32 Å². The summed E-state index contributed by atoms with van der Waals surface area (Å²) in [6.07, 6.45) is 0. The number of ether oxygens (including phenoxy) is 3. The molecule has 0 saturated heterocycles. The van der Waals surface area contributed by atoms with Crippen molar-refractivity contribution in [3.8, 4) is 17.2 Å². The van der Waals surface area contributed by atoms with E-state index in [9.17, 15) is 8.42 Å². The highest BCUT2D eigenvalue weighted by molar-refractivity contribution is 14.1. The van der Waals surface area contributed by atoms with E-state index in [4.69, 9.17) is 14.2 Å². The van der Waals surface area contributed by atoms with Crippen molar-refractivity contribution in [2.75, 3.05) is 20.8 Å². The van der Waals surface area contributed by atoms with E-state index in [2.05, 4.69) is 4.72 Å². The molecule has 0 heterocycles. The van der Waals surface area contributed by atoms with Crippen LogP contribution in [0.2, 0.25) is 0 Å². The summed E-state index contributed by atoms with van der Waals surface area (Å²) in [5.74, 6) is 2.01. The number of halogens is 1. The van der Waals surface area contributed by atoms with Gasteiger partial charge in [-0.1, -0.05) is 0 Å². The van der Waals surface area contributed by atoms with Crippen molar-refractivity contribution < 1.29 is 22.6 Å². The minimum absolute atomic E-state index is 0.189. The largest absolute Gasteiger partial charge is 0.497 e. The normalized spacial score (nSPS) is 12.5. The average molecular weight is 477 g/mol. The summed E-state index contributed by atoms with van der Waals surface area (Å²) in [6.45, 7) is 1.95. The van der Waals surface area contributed by atoms with Gasteiger partial charge in [-0.3, -0.25) is 0 Å². The number of nitrogens with one attached hydrogen (secondary N) is 1. The second-order valence-corrected chi connectivity index (χ2v) is 8.18. The van der Waals surface area contributed by atoms with Gasteiger partial charge in [0, 0.05) is 0 Å². The second kappa shape index (κ2) is 8.72. The van der Waals surface area contributed by atoms with Crippen molar-refractivity contribution in [2.24, 2.45) is 0 Å². The van der Waals surface area contributed by atoms with Crippen LogP contribution in [0.25, 0.3) is 0 Å². The van der Waals surface area contributed by atoms with E-state index in [1.165, 1.54) is 6.07 Å². The van der Waals surface area contributed by atoms with Crippen LogP contribution in [-0.2, 0) is 10.0 Å². The molecule has 0 saturated carbocycles. The predicted octanol–water partition coefficient (Wildman–Crippen LogP) is 3.05. The van der Waals surface area contributed by atoms with Gasteiger partial charge >= 0.3 is 0 Å². The van der Waals surface area contributed by atoms with Crippen LogP contribution < -0.4 is 18.9 Å². The zero-order valence-electron chi connectivity index (χ0n) is 14.2. The lowest BCUT2D eigenvalue weighted by Crippen LogP contribution is -2.36. The molecule has 1 N–H and O–H groups in total. The van der Waals surface area contributed by atoms with Gasteiger partial charge < -0.3 is 14.2 Å². The Morgan fingerprint density at radius 3 is 2.24 bits per heavy atom. The molecule has 0 fully saturated rings. The fourth-order valence-corrected chi connectivity index (χ4v) is 4.28. The van der Waals surface area contributed by atoms with Crippen LogP contribution >= 0.6 is 22.6 Å². The smallest absolute Gasteiger partial charge is 0.240 e. The lowest BCUT2D eigenvalue weighted by molar-refractivity contribution is 0.287. The van der Waals surface area contributed by atoms with Gasteiger partial charge in [0.25, 0.3) is 0 Å². The highest BCUT2D eigenvalue weighted by Crippen LogP contribution is 2.24. The van der Waals surface area contributed by atoms with Crippen LogP contribution in [0.4, 0.5) is 0 Å². The third-order valence-electron chi connectivity index (χ3n) is 3.35. The molecule has 6 nitrogen and oxygen atoms in total. The van der Waals surface area contributed by atoms with Crippen LogP contribution in [-0.4, -0.2) is 35.3 Å². The molecule has 0 amide bonds. The molecule has 2 aromatic carbocycles. The fourth-order valence-electron chi connectivity index (χ4n) is 2.07. The zero-order valence-corrected chi connectivity index (χ0v) is 17.1. The molecule has 2 rings (SSSR count). The Labute approximate surface area is 161 Å². The molecule has 0 aliphatic carbocycles. The molecule has 1 atom stereocenters. The van der Waals surface area contributed by atoms with E-state index < -0.39 is 16.1 Å². The van der Waals surface area contributed by atoms with Crippen LogP contribution in [0.15, 0.2) is 47.4 Å². The van der Waals surface area contributed by atoms with E-state index in [-0.39, 0.29) is 11.5 Å². The monoisotopic (exact) mass is 477 g/mol. The minimum Gasteiger partial charge on any atom is -0.497 e. The lowest BCUT2D eigenvalue weighted by Gasteiger charge is -2.16. The van der Waals surface area contributed by atoms with E-state index in [1.54, 1.807) is 57.5 Å². The van der Waals surface area contributed by atoms with Crippen LogP contribution in [0.3, 0.4) is 0 Å². The van der Waals surface area contributed by atoms with Gasteiger partial charge in [-0.25, -0.2) is 13.1 Å². The first-order chi connectivity index (χ1) is 11.9. The minimum atomic E-state index is -3.63. The highest BCUT2D eigenvalue weighted by atomic mass is 127. The van der Waals surface area contributed by atoms with Crippen LogP contribution in [0, 0.1) is 3.57 Å². The van der Waals surface area contributed by atoms with Gasteiger partial charge in [-0.15, -0.1) is 0 Å². The number of hydrogen-bond acceptors (Lipinski definition) is 5. The number of methoxy groups -OCH3 is 2. The highest BCUT2D eigenvalue weighted by Gasteiger charge is 2.19. The Kier molecular flexibility index (Phi) is 6.91. The van der Waals surface area contributed by atoms with Gasteiger partial charge in [-0.05, 0) is 72.0 Å². The maximum Gasteiger partial charge on any atom is 0.240 e. The quantitative estimate of drug-likeness (QED) is 0.592. The van der Waals surface area contributed by atoms with Gasteiger partial charge in [0.2, 0.25) is 10.0 Å². The summed E-state index contributed by atoms with van der Waals surface area (Å²) >= 11 is 2.04. The van der Waals surface area contributed by atoms with Crippen molar-refractivity contribution in [3.63, 3.8) is 0 Å². The van der Waals surface area contributed by atoms with Crippen molar-refractivity contribution in [3.05, 3.63) is 46.0 Å². The first-order valence-electron chi connectivity index (χ1n) is 7.48. The Morgan fingerprint density at radius 2 is 1.68 bits per heavy atom. The molecule has 136 valence electrons. The Balaban J connectivity index is 1.98. The summed E-state index contributed by atoms with van der Waals surface area (Å²) in [5.41, 5.74) is 0. The summed E-state index contributed by atoms with van der Waals surface area (Å²) < 4.78 is 44.1. The van der Waals surface area contributed by atoms with E-state index >= 15 is 0 Å². The van der Waals surface area contributed by atoms with E-state index in [1.807, 2.05) is 22.6 Å². The van der Waals surface area contributed by atoms with E-state index in [0.29, 0.717) is 11.5 Å². The molecule has 0 spiro atoms. The Hall–Kier alpha value is -1.52. The summed E-state index contributed by atoms with van der Waals surface area (Å²) in [5, 5.41) is 0. The molecule has 0 aliphatic heterocycles. The fraction of sp³-hybridized carbons (Fsp3) is 0.294. The SMILES string of the molecule is COc1ccc(OCC(C)NS(=O)(=O)c2ccc(OC)c(I)c2)cc1. The first kappa shape index (κ1) is 19.8. The van der Waals surface area contributed by atoms with Crippen LogP contribution in [0.1, 0.15) is 6.92 Å². The van der Waals surface area contributed by atoms with Gasteiger partial charge in [0.1, 0.15) is 23.9 Å². The van der Waals surface area contributed by atoms with Crippen molar-refractivity contribution in [1.29, 1.82) is 0 Å². The zero-order chi connectivity index (χ0) is 18.4. The van der Waals surface area contributed by atoms with Crippen LogP contribution in [0.5, 0.6) is 17.2 Å². The van der Waals surface area contributed by atoms with Gasteiger partial charge in [0.15, 0.2) is 0 Å². The van der Waals surface area contributed by atoms with Crippen molar-refractivity contribution in [2.45, 2.75) is 17.9 Å². The maximum atomic E-state index is 12.5. The number of rotatable bonds is 8. The predicted molar refractivity (Wildman–Crippen MR) is 104 cm³/mol. The van der Waals surface area contributed by atoms with Gasteiger partial charge in [0.05, 0.1) is 28.7 Å². The molecule has 1 unspecified atom stereocenters. The number of sulfonamides is 1. The summed E-state index contributed by atoms with van der Waals surface area (Å²) in [7, 11) is -0.498. The first-order valence-corrected chi connectivity index (χ1v) is 10.0. The molecule has 0 radical (unpaired) electrons. The second-order valence-electron chi connectivity index (χ2n) is 5.31. The third-order valence-corrected chi connectivity index (χ3v) is 5.78. The topological polar surface area (TPSA) is 73.9 Å². The molecule has 0 aliphatic rings. The van der Waals surface area contributed by atoms with Crippen molar-refractivity contribution in [1.82, 2.24) is 4.72 Å². The Bertz CT molecular complexity index is 808. The Morgan fingerprint density at radius 1 is 1.04 bits per heavy atom. The third kappa shape index (κ3) is 5.48. The standard InChI is InChI=1S/C17H20INO5S/c1-12(11-24-14-6-4-13(22-2)5-7-14)19-25(20,21)15-8-9-17(23-3)16(18)10-15/h4-10,12,19H,11H2,1-3H3. The average Bonchev–Trinajstić information content (AvgIpc) is 2.60. The summed E-state index contributed by atoms with van der Waals surface area (Å²) in [6, 6.07) is 11.4. The number of hydrogen-bond donors (Lipinski definition) is 1. The molecule has 8 heteroatoms. The molecule has 0 aromatic heterocycles. The van der Waals surface area contributed by atoms with Crippen molar-refractivity contribution >= 4 is 32.6 Å². The summed E-state index contributed by atoms with van der Waals surface area (Å²) in [4.78, 5) is 0.189. The molecule has 25 heavy (non-hydrogen) atoms. The maximum absolute atomic E-state index is 12.5. The molecular formula is C17H20INO5S. The van der Waals surface area contributed by atoms with Gasteiger partial charge in [-0.2, -0.15) is 0 Å². The number of benzene rings is 2. The molecular weight excluding hydrogens is 457 g/mol. The lowest BCUT2D eigenvalue weighted by atomic mass is 10.3. The molecule has 0 bridgehead atoms.